The number of fused-ring (bicyclic) bond motifs is 1. The van der Waals surface area contributed by atoms with Gasteiger partial charge in [-0.25, -0.2) is 9.89 Å². The third-order valence-corrected chi connectivity index (χ3v) is 6.39. The van der Waals surface area contributed by atoms with Crippen LogP contribution >= 0.6 is 23.2 Å². The molecule has 1 aromatic carbocycles. The zero-order chi connectivity index (χ0) is 22.0. The molecular formula is C21H24Cl2N4O4. The second-order valence-corrected chi connectivity index (χ2v) is 8.59. The number of nitrogens with zero attached hydrogens (tertiary/aromatic N) is 2. The Morgan fingerprint density at radius 3 is 2.87 bits per heavy atom. The predicted molar refractivity (Wildman–Crippen MR) is 118 cm³/mol. The van der Waals surface area contributed by atoms with E-state index in [1.54, 1.807) is 0 Å². The molecule has 1 fully saturated rings. The molecule has 3 heterocycles. The van der Waals surface area contributed by atoms with Crippen molar-refractivity contribution in [3.05, 3.63) is 49.4 Å². The Bertz CT molecular complexity index is 1030. The standard InChI is InChI=1S/C21H24Cl2N4O4/c22-16-11-15(19-14(18(16)24)5-9-30-19)21(29)31-13-3-7-27(8-4-13)6-1-2-12-10-17(28)25-26-20(12)23/h10-11,13H,1-9,24H2,(H,25,28). The molecule has 2 aliphatic rings. The molecule has 0 radical (unpaired) electrons. The number of nitrogens with two attached hydrogens (primary N) is 1. The van der Waals surface area contributed by atoms with Crippen LogP contribution in [0, 0.1) is 0 Å². The number of nitrogen functional groups attached to an aromatic ring is 1. The van der Waals surface area contributed by atoms with Crippen molar-refractivity contribution in [2.45, 2.75) is 38.2 Å². The number of aromatic nitrogens is 2. The minimum absolute atomic E-state index is 0.150. The number of ether oxygens (including phenoxy) is 2. The predicted octanol–water partition coefficient (Wildman–Crippen LogP) is 2.85. The van der Waals surface area contributed by atoms with E-state index in [4.69, 9.17) is 38.4 Å². The number of anilines is 1. The molecule has 1 aromatic heterocycles. The van der Waals surface area contributed by atoms with Crippen molar-refractivity contribution in [1.29, 1.82) is 0 Å². The topological polar surface area (TPSA) is 111 Å². The van der Waals surface area contributed by atoms with Gasteiger partial charge in [-0.15, -0.1) is 0 Å². The summed E-state index contributed by atoms with van der Waals surface area (Å²) in [5, 5.41) is 6.79. The van der Waals surface area contributed by atoms with Crippen LogP contribution in [0.15, 0.2) is 16.9 Å². The highest BCUT2D eigenvalue weighted by atomic mass is 35.5. The third-order valence-electron chi connectivity index (χ3n) is 5.75. The highest BCUT2D eigenvalue weighted by molar-refractivity contribution is 6.33. The van der Waals surface area contributed by atoms with Crippen molar-refractivity contribution < 1.29 is 14.3 Å². The van der Waals surface area contributed by atoms with E-state index < -0.39 is 5.97 Å². The van der Waals surface area contributed by atoms with Gasteiger partial charge in [0.15, 0.2) is 5.15 Å². The number of benzene rings is 1. The fourth-order valence-electron chi connectivity index (χ4n) is 4.08. The number of likely N-dealkylation sites (tertiary alicyclic amines) is 1. The molecule has 0 spiro atoms. The fourth-order valence-corrected chi connectivity index (χ4v) is 4.49. The van der Waals surface area contributed by atoms with Crippen LogP contribution < -0.4 is 16.0 Å². The van der Waals surface area contributed by atoms with Crippen LogP contribution in [0.25, 0.3) is 0 Å². The first-order chi connectivity index (χ1) is 14.9. The van der Waals surface area contributed by atoms with E-state index in [1.807, 2.05) is 0 Å². The maximum atomic E-state index is 12.7. The number of carbonyl (C=O) groups excluding carboxylic acids is 1. The summed E-state index contributed by atoms with van der Waals surface area (Å²) in [5.41, 5.74) is 8.10. The van der Waals surface area contributed by atoms with Crippen molar-refractivity contribution >= 4 is 34.9 Å². The molecule has 10 heteroatoms. The lowest BCUT2D eigenvalue weighted by molar-refractivity contribution is 0.0110. The number of carbonyl (C=O) groups is 1. The fraction of sp³-hybridized carbons (Fsp3) is 0.476. The summed E-state index contributed by atoms with van der Waals surface area (Å²) in [5.74, 6) is 0.0761. The molecule has 0 bridgehead atoms. The van der Waals surface area contributed by atoms with Gasteiger partial charge in [-0.2, -0.15) is 5.10 Å². The number of nitrogens with one attached hydrogen (secondary N) is 1. The maximum absolute atomic E-state index is 12.7. The van der Waals surface area contributed by atoms with Crippen LogP contribution in [0.4, 0.5) is 5.69 Å². The maximum Gasteiger partial charge on any atom is 0.342 e. The number of aromatic amines is 1. The number of hydrogen-bond acceptors (Lipinski definition) is 7. The van der Waals surface area contributed by atoms with Crippen LogP contribution in [-0.2, 0) is 17.6 Å². The Morgan fingerprint density at radius 2 is 2.10 bits per heavy atom. The second-order valence-electron chi connectivity index (χ2n) is 7.82. The summed E-state index contributed by atoms with van der Waals surface area (Å²) in [7, 11) is 0. The van der Waals surface area contributed by atoms with Crippen LogP contribution in [0.3, 0.4) is 0 Å². The van der Waals surface area contributed by atoms with E-state index in [1.165, 1.54) is 12.1 Å². The molecule has 166 valence electrons. The molecule has 0 aliphatic carbocycles. The zero-order valence-electron chi connectivity index (χ0n) is 17.0. The van der Waals surface area contributed by atoms with Crippen molar-refractivity contribution in [2.24, 2.45) is 0 Å². The first-order valence-corrected chi connectivity index (χ1v) is 11.1. The van der Waals surface area contributed by atoms with E-state index in [0.29, 0.717) is 46.6 Å². The average Bonchev–Trinajstić information content (AvgIpc) is 3.24. The molecule has 1 saturated heterocycles. The molecule has 3 N–H and O–H groups in total. The smallest absolute Gasteiger partial charge is 0.342 e. The van der Waals surface area contributed by atoms with Gasteiger partial charge in [0.05, 0.1) is 17.3 Å². The van der Waals surface area contributed by atoms with E-state index in [-0.39, 0.29) is 11.7 Å². The number of esters is 1. The van der Waals surface area contributed by atoms with Gasteiger partial charge >= 0.3 is 5.97 Å². The van der Waals surface area contributed by atoms with E-state index in [2.05, 4.69) is 15.1 Å². The van der Waals surface area contributed by atoms with Gasteiger partial charge in [0.1, 0.15) is 17.4 Å². The summed E-state index contributed by atoms with van der Waals surface area (Å²) in [6.45, 7) is 3.02. The Morgan fingerprint density at radius 1 is 1.32 bits per heavy atom. The highest BCUT2D eigenvalue weighted by Crippen LogP contribution is 2.39. The molecule has 2 aliphatic heterocycles. The number of halogens is 2. The lowest BCUT2D eigenvalue weighted by Crippen LogP contribution is -2.38. The second kappa shape index (κ2) is 9.46. The molecule has 4 rings (SSSR count). The Labute approximate surface area is 189 Å². The molecule has 2 aromatic rings. The quantitative estimate of drug-likeness (QED) is 0.497. The van der Waals surface area contributed by atoms with Gasteiger partial charge in [-0.1, -0.05) is 23.2 Å². The van der Waals surface area contributed by atoms with Crippen molar-refractivity contribution in [1.82, 2.24) is 15.1 Å². The summed E-state index contributed by atoms with van der Waals surface area (Å²) in [6.07, 6.45) is 3.55. The van der Waals surface area contributed by atoms with Gasteiger partial charge in [0.25, 0.3) is 5.56 Å². The van der Waals surface area contributed by atoms with Crippen LogP contribution in [0.1, 0.15) is 40.7 Å². The SMILES string of the molecule is Nc1c(Cl)cc(C(=O)OC2CCN(CCCc3cc(=O)[nH]nc3Cl)CC2)c2c1CCO2. The van der Waals surface area contributed by atoms with Gasteiger partial charge < -0.3 is 20.1 Å². The summed E-state index contributed by atoms with van der Waals surface area (Å²) in [6, 6.07) is 3.03. The Hall–Kier alpha value is -2.29. The van der Waals surface area contributed by atoms with E-state index in [9.17, 15) is 9.59 Å². The van der Waals surface area contributed by atoms with Gasteiger partial charge in [-0.3, -0.25) is 4.79 Å². The average molecular weight is 467 g/mol. The Balaban J connectivity index is 1.27. The van der Waals surface area contributed by atoms with Crippen molar-refractivity contribution in [3.63, 3.8) is 0 Å². The number of H-pyrrole nitrogens is 1. The van der Waals surface area contributed by atoms with Gasteiger partial charge in [0.2, 0.25) is 0 Å². The minimum Gasteiger partial charge on any atom is -0.492 e. The lowest BCUT2D eigenvalue weighted by atomic mass is 10.0. The van der Waals surface area contributed by atoms with Gasteiger partial charge in [0, 0.05) is 31.1 Å². The normalized spacial score (nSPS) is 16.7. The number of rotatable bonds is 6. The molecule has 0 atom stereocenters. The number of piperidine rings is 1. The largest absolute Gasteiger partial charge is 0.492 e. The third kappa shape index (κ3) is 4.97. The molecule has 31 heavy (non-hydrogen) atoms. The van der Waals surface area contributed by atoms with Gasteiger partial charge in [-0.05, 0) is 43.9 Å². The molecule has 8 nitrogen and oxygen atoms in total. The first kappa shape index (κ1) is 21.9. The van der Waals surface area contributed by atoms with E-state index >= 15 is 0 Å². The van der Waals surface area contributed by atoms with Crippen LogP contribution in [0.5, 0.6) is 5.75 Å². The van der Waals surface area contributed by atoms with Crippen LogP contribution in [0.2, 0.25) is 10.2 Å². The van der Waals surface area contributed by atoms with Crippen molar-refractivity contribution in [3.8, 4) is 5.75 Å². The number of aryl methyl sites for hydroxylation is 1. The summed E-state index contributed by atoms with van der Waals surface area (Å²) in [4.78, 5) is 26.4. The minimum atomic E-state index is -0.421. The highest BCUT2D eigenvalue weighted by Gasteiger charge is 2.29. The number of hydrogen-bond donors (Lipinski definition) is 2. The summed E-state index contributed by atoms with van der Waals surface area (Å²) < 4.78 is 11.3. The molecule has 0 amide bonds. The first-order valence-electron chi connectivity index (χ1n) is 10.3. The molecule has 0 unspecified atom stereocenters. The Kier molecular flexibility index (Phi) is 6.69. The van der Waals surface area contributed by atoms with Crippen molar-refractivity contribution in [2.75, 3.05) is 32.0 Å². The molecule has 0 saturated carbocycles. The van der Waals surface area contributed by atoms with Crippen LogP contribution in [-0.4, -0.2) is 53.4 Å². The lowest BCUT2D eigenvalue weighted by Gasteiger charge is -2.31. The zero-order valence-corrected chi connectivity index (χ0v) is 18.5. The summed E-state index contributed by atoms with van der Waals surface area (Å²) >= 11 is 12.2. The van der Waals surface area contributed by atoms with E-state index in [0.717, 1.165) is 50.0 Å². The molecular weight excluding hydrogens is 443 g/mol. The monoisotopic (exact) mass is 466 g/mol.